The van der Waals surface area contributed by atoms with Crippen molar-refractivity contribution in [3.8, 4) is 0 Å². The van der Waals surface area contributed by atoms with Gasteiger partial charge in [-0.25, -0.2) is 0 Å². The van der Waals surface area contributed by atoms with Gasteiger partial charge in [0.15, 0.2) is 5.76 Å². The number of benzene rings is 1. The molecular weight excluding hydrogens is 311 g/mol. The fourth-order valence-corrected chi connectivity index (χ4v) is 2.00. The highest BCUT2D eigenvalue weighted by molar-refractivity contribution is 6.35. The number of aliphatic hydroxyl groups is 3. The highest BCUT2D eigenvalue weighted by atomic mass is 35.5. The van der Waals surface area contributed by atoms with Gasteiger partial charge in [-0.1, -0.05) is 54.1 Å². The Kier molecular flexibility index (Phi) is 6.56. The van der Waals surface area contributed by atoms with Crippen molar-refractivity contribution in [2.45, 2.75) is 13.0 Å². The highest BCUT2D eigenvalue weighted by Gasteiger charge is 2.08. The topological polar surface area (TPSA) is 60.7 Å². The maximum atomic E-state index is 10.1. The Labute approximate surface area is 133 Å². The van der Waals surface area contributed by atoms with Gasteiger partial charge in [0, 0.05) is 15.6 Å². The van der Waals surface area contributed by atoms with E-state index in [1.165, 1.54) is 25.2 Å². The van der Waals surface area contributed by atoms with E-state index in [9.17, 15) is 10.2 Å². The van der Waals surface area contributed by atoms with Gasteiger partial charge in [-0.15, -0.1) is 0 Å². The van der Waals surface area contributed by atoms with Crippen LogP contribution in [0, 0.1) is 0 Å². The van der Waals surface area contributed by atoms with Crippen LogP contribution in [0.5, 0.6) is 0 Å². The van der Waals surface area contributed by atoms with Crippen molar-refractivity contribution in [2.75, 3.05) is 0 Å². The Morgan fingerprint density at radius 1 is 1.29 bits per heavy atom. The molecular formula is C16H16Cl2O3. The molecule has 0 saturated carbocycles. The fraction of sp³-hybridized carbons (Fsp3) is 0.125. The van der Waals surface area contributed by atoms with E-state index in [-0.39, 0.29) is 11.5 Å². The molecule has 21 heavy (non-hydrogen) atoms. The quantitative estimate of drug-likeness (QED) is 0.524. The first-order valence-corrected chi connectivity index (χ1v) is 6.85. The van der Waals surface area contributed by atoms with Crippen molar-refractivity contribution in [3.63, 3.8) is 0 Å². The van der Waals surface area contributed by atoms with E-state index in [4.69, 9.17) is 28.3 Å². The van der Waals surface area contributed by atoms with Crippen LogP contribution in [0.15, 0.2) is 66.2 Å². The number of hydrogen-bond acceptors (Lipinski definition) is 3. The monoisotopic (exact) mass is 326 g/mol. The Hall–Kier alpha value is -1.68. The van der Waals surface area contributed by atoms with E-state index >= 15 is 0 Å². The molecule has 0 aliphatic rings. The lowest BCUT2D eigenvalue weighted by molar-refractivity contribution is 0.228. The molecule has 0 aliphatic carbocycles. The molecule has 0 aromatic heterocycles. The second-order valence-corrected chi connectivity index (χ2v) is 5.13. The third-order valence-electron chi connectivity index (χ3n) is 2.66. The molecule has 0 fully saturated rings. The standard InChI is InChI=1S/C16H16Cl2O3/c1-3-11(8-16(21)10(2)19)4-7-15(20)13-6-5-12(17)9-14(13)18/h3-9,15,19-21H,1H2,2H3/b7-4+,11-8+,16-10-. The van der Waals surface area contributed by atoms with Gasteiger partial charge in [-0.05, 0) is 30.7 Å². The van der Waals surface area contributed by atoms with E-state index in [0.29, 0.717) is 21.2 Å². The molecule has 3 nitrogen and oxygen atoms in total. The summed E-state index contributed by atoms with van der Waals surface area (Å²) >= 11 is 11.8. The summed E-state index contributed by atoms with van der Waals surface area (Å²) in [5.41, 5.74) is 1.03. The molecule has 0 heterocycles. The van der Waals surface area contributed by atoms with Gasteiger partial charge in [-0.3, -0.25) is 0 Å². The summed E-state index contributed by atoms with van der Waals surface area (Å²) in [6, 6.07) is 4.81. The Morgan fingerprint density at radius 2 is 1.95 bits per heavy atom. The molecule has 0 amide bonds. The summed E-state index contributed by atoms with van der Waals surface area (Å²) in [6.45, 7) is 4.95. The van der Waals surface area contributed by atoms with Gasteiger partial charge in [0.05, 0.1) is 6.10 Å². The second kappa shape index (κ2) is 7.93. The van der Waals surface area contributed by atoms with Crippen LogP contribution >= 0.6 is 23.2 Å². The molecule has 1 unspecified atom stereocenters. The van der Waals surface area contributed by atoms with Crippen LogP contribution in [0.3, 0.4) is 0 Å². The van der Waals surface area contributed by atoms with E-state index in [2.05, 4.69) is 6.58 Å². The van der Waals surface area contributed by atoms with Crippen molar-refractivity contribution >= 4 is 23.2 Å². The number of hydrogen-bond donors (Lipinski definition) is 3. The van der Waals surface area contributed by atoms with Crippen molar-refractivity contribution < 1.29 is 15.3 Å². The summed E-state index contributed by atoms with van der Waals surface area (Å²) in [5, 5.41) is 29.5. The summed E-state index contributed by atoms with van der Waals surface area (Å²) in [5.74, 6) is -0.474. The fourth-order valence-electron chi connectivity index (χ4n) is 1.48. The highest BCUT2D eigenvalue weighted by Crippen LogP contribution is 2.27. The second-order valence-electron chi connectivity index (χ2n) is 4.29. The third kappa shape index (κ3) is 5.31. The zero-order chi connectivity index (χ0) is 16.0. The van der Waals surface area contributed by atoms with Crippen LogP contribution in [0.4, 0.5) is 0 Å². The molecule has 3 N–H and O–H groups in total. The summed E-state index contributed by atoms with van der Waals surface area (Å²) in [4.78, 5) is 0. The lowest BCUT2D eigenvalue weighted by atomic mass is 10.1. The Balaban J connectivity index is 2.97. The average Bonchev–Trinajstić information content (AvgIpc) is 2.42. The molecule has 0 bridgehead atoms. The van der Waals surface area contributed by atoms with Crippen LogP contribution in [-0.2, 0) is 0 Å². The molecule has 1 aromatic rings. The number of allylic oxidation sites excluding steroid dienone is 5. The molecule has 1 rings (SSSR count). The Morgan fingerprint density at radius 3 is 2.48 bits per heavy atom. The van der Waals surface area contributed by atoms with Crippen LogP contribution in [0.25, 0.3) is 0 Å². The van der Waals surface area contributed by atoms with Gasteiger partial charge in [0.25, 0.3) is 0 Å². The minimum atomic E-state index is -0.931. The smallest absolute Gasteiger partial charge is 0.153 e. The lowest BCUT2D eigenvalue weighted by Crippen LogP contribution is -1.94. The molecule has 0 aliphatic heterocycles. The van der Waals surface area contributed by atoms with Crippen LogP contribution in [0.1, 0.15) is 18.6 Å². The van der Waals surface area contributed by atoms with Gasteiger partial charge in [0.2, 0.25) is 0 Å². The van der Waals surface area contributed by atoms with Crippen molar-refractivity contribution in [2.24, 2.45) is 0 Å². The van der Waals surface area contributed by atoms with E-state index in [0.717, 1.165) is 0 Å². The minimum Gasteiger partial charge on any atom is -0.509 e. The number of halogens is 2. The van der Waals surface area contributed by atoms with E-state index in [1.54, 1.807) is 24.3 Å². The zero-order valence-corrected chi connectivity index (χ0v) is 12.9. The Bertz CT molecular complexity index is 612. The maximum absolute atomic E-state index is 10.1. The maximum Gasteiger partial charge on any atom is 0.153 e. The molecule has 0 spiro atoms. The minimum absolute atomic E-state index is 0.205. The number of aliphatic hydroxyl groups excluding tert-OH is 3. The average molecular weight is 327 g/mol. The molecule has 0 saturated heterocycles. The van der Waals surface area contributed by atoms with Gasteiger partial charge in [-0.2, -0.15) is 0 Å². The summed E-state index contributed by atoms with van der Waals surface area (Å²) in [6.07, 6.45) is 4.92. The molecule has 0 radical (unpaired) electrons. The van der Waals surface area contributed by atoms with Crippen molar-refractivity contribution in [1.82, 2.24) is 0 Å². The molecule has 1 atom stereocenters. The van der Waals surface area contributed by atoms with Crippen LogP contribution in [-0.4, -0.2) is 15.3 Å². The first-order valence-electron chi connectivity index (χ1n) is 6.09. The van der Waals surface area contributed by atoms with Crippen LogP contribution < -0.4 is 0 Å². The predicted octanol–water partition coefficient (Wildman–Crippen LogP) is 5.04. The molecule has 5 heteroatoms. The predicted molar refractivity (Wildman–Crippen MR) is 86.8 cm³/mol. The number of rotatable bonds is 5. The molecule has 1 aromatic carbocycles. The lowest BCUT2D eigenvalue weighted by Gasteiger charge is -2.08. The summed E-state index contributed by atoms with van der Waals surface area (Å²) < 4.78 is 0. The summed E-state index contributed by atoms with van der Waals surface area (Å²) in [7, 11) is 0. The van der Waals surface area contributed by atoms with Crippen molar-refractivity contribution in [3.05, 3.63) is 81.8 Å². The third-order valence-corrected chi connectivity index (χ3v) is 3.22. The van der Waals surface area contributed by atoms with E-state index < -0.39 is 6.10 Å². The first-order chi connectivity index (χ1) is 9.85. The van der Waals surface area contributed by atoms with Gasteiger partial charge in [0.1, 0.15) is 5.76 Å². The zero-order valence-electron chi connectivity index (χ0n) is 11.4. The van der Waals surface area contributed by atoms with Gasteiger partial charge >= 0.3 is 0 Å². The van der Waals surface area contributed by atoms with Crippen molar-refractivity contribution in [1.29, 1.82) is 0 Å². The van der Waals surface area contributed by atoms with Gasteiger partial charge < -0.3 is 15.3 Å². The molecule has 112 valence electrons. The first kappa shape index (κ1) is 17.4. The van der Waals surface area contributed by atoms with E-state index in [1.807, 2.05) is 0 Å². The van der Waals surface area contributed by atoms with Crippen LogP contribution in [0.2, 0.25) is 10.0 Å². The largest absolute Gasteiger partial charge is 0.509 e. The normalized spacial score (nSPS) is 15.0. The SMILES string of the molecule is C=CC(/C=C/C(O)c1ccc(Cl)cc1Cl)=C\C(O)=C(/C)O.